The largest absolute Gasteiger partial charge is 1.00 e. The molecular formula is C30H26N3NaO5S2. The number of amidine groups is 1. The van der Waals surface area contributed by atoms with Gasteiger partial charge < -0.3 is 11.5 Å². The minimum Gasteiger partial charge on any atom is -1.00 e. The first-order valence-corrected chi connectivity index (χ1v) is 14.6. The minimum absolute atomic E-state index is 0. The van der Waals surface area contributed by atoms with Gasteiger partial charge in [-0.05, 0) is 89.1 Å². The van der Waals surface area contributed by atoms with Gasteiger partial charge >= 0.3 is 29.6 Å². The first kappa shape index (κ1) is 30.5. The number of nitrogens with zero attached hydrogens (tertiary/aromatic N) is 1. The maximum Gasteiger partial charge on any atom is 1.00 e. The zero-order valence-electron chi connectivity index (χ0n) is 23.7. The molecular weight excluding hydrogens is 569 g/mol. The molecule has 0 atom stereocenters. The summed E-state index contributed by atoms with van der Waals surface area (Å²) >= 11 is 1.24. The van der Waals surface area contributed by atoms with E-state index in [1.54, 1.807) is 43.5 Å². The number of hydrogen-bond donors (Lipinski definition) is 2. The van der Waals surface area contributed by atoms with Crippen LogP contribution in [0.25, 0.3) is 16.8 Å². The van der Waals surface area contributed by atoms with Crippen LogP contribution < -0.4 is 44.3 Å². The van der Waals surface area contributed by atoms with Gasteiger partial charge in [0.15, 0.2) is 5.17 Å². The van der Waals surface area contributed by atoms with Crippen LogP contribution in [0.4, 0.5) is 5.69 Å². The predicted octanol–water partition coefficient (Wildman–Crippen LogP) is 2.21. The van der Waals surface area contributed by atoms with Crippen LogP contribution in [0.3, 0.4) is 0 Å². The second kappa shape index (κ2) is 13.1. The van der Waals surface area contributed by atoms with Crippen molar-refractivity contribution < 1.29 is 53.7 Å². The Bertz CT molecular complexity index is 1790. The SMILES string of the molecule is COc1ccc2cc(C=C3SC(=Nc4ccc(CC(=O)NS(=O)(=O)c5ccc(C)cc5)cc4)NC3=O)ccc2c1.[H-].[Na+]. The van der Waals surface area contributed by atoms with E-state index in [1.165, 1.54) is 23.9 Å². The summed E-state index contributed by atoms with van der Waals surface area (Å²) in [4.78, 5) is 30.0. The van der Waals surface area contributed by atoms with Crippen LogP contribution in [0, 0.1) is 6.92 Å². The first-order chi connectivity index (χ1) is 19.2. The van der Waals surface area contributed by atoms with Gasteiger partial charge in [-0.2, -0.15) is 0 Å². The van der Waals surface area contributed by atoms with Gasteiger partial charge in [0.05, 0.1) is 29.0 Å². The Balaban J connectivity index is 0.00000242. The molecule has 204 valence electrons. The predicted molar refractivity (Wildman–Crippen MR) is 159 cm³/mol. The van der Waals surface area contributed by atoms with E-state index in [-0.39, 0.29) is 48.2 Å². The topological polar surface area (TPSA) is 114 Å². The molecule has 0 unspecified atom stereocenters. The maximum absolute atomic E-state index is 12.5. The normalized spacial score (nSPS) is 15.0. The van der Waals surface area contributed by atoms with Gasteiger partial charge in [-0.15, -0.1) is 0 Å². The van der Waals surface area contributed by atoms with Crippen LogP contribution in [0.2, 0.25) is 0 Å². The minimum atomic E-state index is -3.94. The molecule has 1 heterocycles. The van der Waals surface area contributed by atoms with Gasteiger partial charge in [-0.3, -0.25) is 9.59 Å². The van der Waals surface area contributed by atoms with Crippen LogP contribution in [0.5, 0.6) is 5.75 Å². The molecule has 11 heteroatoms. The summed E-state index contributed by atoms with van der Waals surface area (Å²) in [6.07, 6.45) is 1.71. The number of nitrogens with one attached hydrogen (secondary N) is 2. The number of rotatable bonds is 7. The first-order valence-electron chi connectivity index (χ1n) is 12.3. The quantitative estimate of drug-likeness (QED) is 0.250. The molecule has 5 rings (SSSR count). The van der Waals surface area contributed by atoms with Crippen molar-refractivity contribution in [3.8, 4) is 5.75 Å². The molecule has 1 aliphatic heterocycles. The Morgan fingerprint density at radius 2 is 1.68 bits per heavy atom. The van der Waals surface area contributed by atoms with Crippen molar-refractivity contribution >= 4 is 61.3 Å². The van der Waals surface area contributed by atoms with Gasteiger partial charge in [-0.25, -0.2) is 18.1 Å². The molecule has 4 aromatic rings. The van der Waals surface area contributed by atoms with E-state index in [0.29, 0.717) is 21.3 Å². The van der Waals surface area contributed by atoms with Crippen molar-refractivity contribution in [2.45, 2.75) is 18.2 Å². The molecule has 0 aromatic heterocycles. The van der Waals surface area contributed by atoms with Crippen molar-refractivity contribution in [2.75, 3.05) is 7.11 Å². The third kappa shape index (κ3) is 7.66. The zero-order valence-corrected chi connectivity index (χ0v) is 26.3. The maximum atomic E-state index is 12.5. The van der Waals surface area contributed by atoms with Gasteiger partial charge in [0.2, 0.25) is 5.91 Å². The Morgan fingerprint density at radius 1 is 1.00 bits per heavy atom. The van der Waals surface area contributed by atoms with E-state index in [2.05, 4.69) is 15.0 Å². The number of ether oxygens (including phenoxy) is 1. The summed E-state index contributed by atoms with van der Waals surface area (Å²) in [6.45, 7) is 1.85. The van der Waals surface area contributed by atoms with E-state index in [9.17, 15) is 18.0 Å². The average Bonchev–Trinajstić information content (AvgIpc) is 3.27. The average molecular weight is 596 g/mol. The molecule has 2 amide bonds. The third-order valence-electron chi connectivity index (χ3n) is 6.13. The number of thioether (sulfide) groups is 1. The fourth-order valence-corrected chi connectivity index (χ4v) is 5.87. The second-order valence-corrected chi connectivity index (χ2v) is 11.9. The summed E-state index contributed by atoms with van der Waals surface area (Å²) in [7, 11) is -2.31. The monoisotopic (exact) mass is 595 g/mol. The van der Waals surface area contributed by atoms with Crippen LogP contribution in [-0.4, -0.2) is 32.5 Å². The van der Waals surface area contributed by atoms with Crippen molar-refractivity contribution in [3.05, 3.63) is 107 Å². The number of carbonyl (C=O) groups excluding carboxylic acids is 2. The second-order valence-electron chi connectivity index (χ2n) is 9.14. The summed E-state index contributed by atoms with van der Waals surface area (Å²) in [5, 5.41) is 5.29. The molecule has 1 fully saturated rings. The van der Waals surface area contributed by atoms with Gasteiger partial charge in [0, 0.05) is 0 Å². The van der Waals surface area contributed by atoms with Crippen LogP contribution in [0.1, 0.15) is 18.1 Å². The van der Waals surface area contributed by atoms with Crippen LogP contribution in [0.15, 0.2) is 99.7 Å². The summed E-state index contributed by atoms with van der Waals surface area (Å²) in [5.41, 5.74) is 3.02. The third-order valence-corrected chi connectivity index (χ3v) is 8.43. The fourth-order valence-electron chi connectivity index (χ4n) is 4.04. The number of fused-ring (bicyclic) bond motifs is 1. The van der Waals surface area contributed by atoms with Crippen molar-refractivity contribution in [1.82, 2.24) is 10.0 Å². The molecule has 0 spiro atoms. The van der Waals surface area contributed by atoms with Gasteiger partial charge in [0.25, 0.3) is 15.9 Å². The number of carbonyl (C=O) groups is 2. The number of aliphatic imine (C=N–C) groups is 1. The zero-order chi connectivity index (χ0) is 28.3. The standard InChI is InChI=1S/C30H25N3O5S2.Na.H/c1-19-3-13-26(14-4-19)40(36,37)33-28(34)17-20-6-10-24(11-7-20)31-30-32-29(35)27(39-30)16-21-5-8-23-18-25(38-2)12-9-22(23)15-21;;/h3-16,18H,17H2,1-2H3,(H,33,34)(H,31,32,35);;/q;+1;-1. The Labute approximate surface area is 266 Å². The number of hydrogen-bond acceptors (Lipinski definition) is 7. The van der Waals surface area contributed by atoms with Crippen LogP contribution >= 0.6 is 11.8 Å². The summed E-state index contributed by atoms with van der Waals surface area (Å²) in [5.74, 6) is -0.0879. The molecule has 1 aliphatic rings. The number of sulfonamides is 1. The van der Waals surface area contributed by atoms with Gasteiger partial charge in [0.1, 0.15) is 5.75 Å². The molecule has 0 aliphatic carbocycles. The molecule has 0 saturated carbocycles. The van der Waals surface area contributed by atoms with E-state index in [1.807, 2.05) is 49.4 Å². The Kier molecular flexibility index (Phi) is 9.72. The van der Waals surface area contributed by atoms with Crippen molar-refractivity contribution in [1.29, 1.82) is 0 Å². The van der Waals surface area contributed by atoms with E-state index >= 15 is 0 Å². The number of methoxy groups -OCH3 is 1. The Hall–Kier alpha value is -3.41. The molecule has 1 saturated heterocycles. The Morgan fingerprint density at radius 3 is 2.39 bits per heavy atom. The van der Waals surface area contributed by atoms with E-state index in [4.69, 9.17) is 4.74 Å². The summed E-state index contributed by atoms with van der Waals surface area (Å²) in [6, 6.07) is 24.8. The molecule has 0 bridgehead atoms. The fraction of sp³-hybridized carbons (Fsp3) is 0.100. The number of amides is 2. The van der Waals surface area contributed by atoms with E-state index in [0.717, 1.165) is 27.6 Å². The molecule has 2 N–H and O–H groups in total. The number of benzene rings is 4. The smallest absolute Gasteiger partial charge is 1.00 e. The molecule has 4 aromatic carbocycles. The number of aryl methyl sites for hydroxylation is 1. The van der Waals surface area contributed by atoms with Gasteiger partial charge in [-0.1, -0.05) is 48.0 Å². The molecule has 0 radical (unpaired) electrons. The molecule has 41 heavy (non-hydrogen) atoms. The van der Waals surface area contributed by atoms with Crippen LogP contribution in [-0.2, 0) is 26.0 Å². The van der Waals surface area contributed by atoms with Crippen molar-refractivity contribution in [3.63, 3.8) is 0 Å². The molecule has 8 nitrogen and oxygen atoms in total. The summed E-state index contributed by atoms with van der Waals surface area (Å²) < 4.78 is 32.3. The van der Waals surface area contributed by atoms with Crippen molar-refractivity contribution in [2.24, 2.45) is 4.99 Å². The van der Waals surface area contributed by atoms with E-state index < -0.39 is 15.9 Å².